The molecule has 1 amide bonds. The predicted molar refractivity (Wildman–Crippen MR) is 95.9 cm³/mol. The lowest BCUT2D eigenvalue weighted by Crippen LogP contribution is -2.49. The quantitative estimate of drug-likeness (QED) is 0.750. The van der Waals surface area contributed by atoms with Crippen LogP contribution in [-0.4, -0.2) is 42.2 Å². The molecule has 0 aromatic heterocycles. The third-order valence-electron chi connectivity index (χ3n) is 3.98. The molecule has 2 heterocycles. The predicted octanol–water partition coefficient (Wildman–Crippen LogP) is 2.10. The Morgan fingerprint density at radius 3 is 2.83 bits per heavy atom. The molecule has 1 unspecified atom stereocenters. The second-order valence-corrected chi connectivity index (χ2v) is 6.85. The molecule has 1 atom stereocenters. The summed E-state index contributed by atoms with van der Waals surface area (Å²) in [6.07, 6.45) is 0. The van der Waals surface area contributed by atoms with Crippen molar-refractivity contribution in [2.45, 2.75) is 13.0 Å². The fourth-order valence-electron chi connectivity index (χ4n) is 2.85. The monoisotopic (exact) mass is 395 g/mol. The summed E-state index contributed by atoms with van der Waals surface area (Å²) in [7, 11) is 0. The highest BCUT2D eigenvalue weighted by molar-refractivity contribution is 9.10. The van der Waals surface area contributed by atoms with Gasteiger partial charge >= 0.3 is 0 Å². The Hall–Kier alpha value is -1.44. The number of rotatable bonds is 2. The van der Waals surface area contributed by atoms with Crippen LogP contribution in [0.25, 0.3) is 0 Å². The van der Waals surface area contributed by atoms with Gasteiger partial charge in [0.25, 0.3) is 5.91 Å². The smallest absolute Gasteiger partial charge is 0.254 e. The van der Waals surface area contributed by atoms with Gasteiger partial charge in [-0.05, 0) is 36.8 Å². The SMILES string of the molecule is CC1=C(C(=O)N2CCOCC2)C(c2cccc(Br)c2)NC(=S)N1. The largest absolute Gasteiger partial charge is 0.378 e. The molecule has 7 heteroatoms. The summed E-state index contributed by atoms with van der Waals surface area (Å²) in [6.45, 7) is 4.29. The van der Waals surface area contributed by atoms with Crippen LogP contribution in [0.1, 0.15) is 18.5 Å². The average molecular weight is 396 g/mol. The number of carbonyl (C=O) groups excluding carboxylic acids is 1. The lowest BCUT2D eigenvalue weighted by Gasteiger charge is -2.34. The number of ether oxygens (including phenoxy) is 1. The van der Waals surface area contributed by atoms with Gasteiger partial charge in [-0.25, -0.2) is 0 Å². The molecule has 2 aliphatic heterocycles. The van der Waals surface area contributed by atoms with Gasteiger partial charge in [-0.3, -0.25) is 4.79 Å². The first-order chi connectivity index (χ1) is 11.1. The maximum Gasteiger partial charge on any atom is 0.254 e. The molecule has 0 spiro atoms. The molecule has 0 aliphatic carbocycles. The van der Waals surface area contributed by atoms with Crippen LogP contribution in [0, 0.1) is 0 Å². The minimum Gasteiger partial charge on any atom is -0.378 e. The highest BCUT2D eigenvalue weighted by Crippen LogP contribution is 2.29. The van der Waals surface area contributed by atoms with Gasteiger partial charge in [0.1, 0.15) is 0 Å². The fraction of sp³-hybridized carbons (Fsp3) is 0.375. The van der Waals surface area contributed by atoms with Crippen molar-refractivity contribution in [3.8, 4) is 0 Å². The lowest BCUT2D eigenvalue weighted by molar-refractivity contribution is -0.131. The Morgan fingerprint density at radius 1 is 1.39 bits per heavy atom. The minimum absolute atomic E-state index is 0.0262. The van der Waals surface area contributed by atoms with Crippen molar-refractivity contribution in [1.82, 2.24) is 15.5 Å². The molecule has 23 heavy (non-hydrogen) atoms. The number of allylic oxidation sites excluding steroid dienone is 1. The van der Waals surface area contributed by atoms with Crippen molar-refractivity contribution >= 4 is 39.2 Å². The van der Waals surface area contributed by atoms with Crippen molar-refractivity contribution in [3.05, 3.63) is 45.6 Å². The van der Waals surface area contributed by atoms with E-state index in [0.29, 0.717) is 37.0 Å². The number of thiocarbonyl (C=S) groups is 1. The van der Waals surface area contributed by atoms with Gasteiger partial charge in [0.05, 0.1) is 24.8 Å². The summed E-state index contributed by atoms with van der Waals surface area (Å²) < 4.78 is 6.31. The van der Waals surface area contributed by atoms with E-state index < -0.39 is 0 Å². The number of nitrogens with zero attached hydrogens (tertiary/aromatic N) is 1. The molecule has 1 fully saturated rings. The third kappa shape index (κ3) is 3.57. The molecular formula is C16H18BrN3O2S. The van der Waals surface area contributed by atoms with Gasteiger partial charge in [0, 0.05) is 23.3 Å². The van der Waals surface area contributed by atoms with Gasteiger partial charge in [0.2, 0.25) is 0 Å². The van der Waals surface area contributed by atoms with Gasteiger partial charge in [0.15, 0.2) is 5.11 Å². The fourth-order valence-corrected chi connectivity index (χ4v) is 3.54. The van der Waals surface area contributed by atoms with Crippen molar-refractivity contribution < 1.29 is 9.53 Å². The highest BCUT2D eigenvalue weighted by atomic mass is 79.9. The van der Waals surface area contributed by atoms with Crippen LogP contribution in [0.5, 0.6) is 0 Å². The van der Waals surface area contributed by atoms with Crippen LogP contribution in [0.4, 0.5) is 0 Å². The average Bonchev–Trinajstić information content (AvgIpc) is 2.54. The Balaban J connectivity index is 1.97. The Morgan fingerprint density at radius 2 is 2.13 bits per heavy atom. The first kappa shape index (κ1) is 16.4. The molecular weight excluding hydrogens is 378 g/mol. The normalized spacial score (nSPS) is 21.7. The van der Waals surface area contributed by atoms with Gasteiger partial charge in [-0.15, -0.1) is 0 Å². The standard InChI is InChI=1S/C16H18BrN3O2S/c1-10-13(15(21)20-5-7-22-8-6-20)14(19-16(23)18-10)11-3-2-4-12(17)9-11/h2-4,9,14H,5-8H2,1H3,(H2,18,19,23). The maximum absolute atomic E-state index is 13.0. The van der Waals surface area contributed by atoms with Crippen molar-refractivity contribution in [3.63, 3.8) is 0 Å². The summed E-state index contributed by atoms with van der Waals surface area (Å²) in [5.74, 6) is 0.0262. The molecule has 3 rings (SSSR count). The molecule has 2 aliphatic rings. The van der Waals surface area contributed by atoms with Crippen LogP contribution in [0.15, 0.2) is 40.0 Å². The third-order valence-corrected chi connectivity index (χ3v) is 4.69. The molecule has 5 nitrogen and oxygen atoms in total. The minimum atomic E-state index is -0.253. The van der Waals surface area contributed by atoms with Gasteiger partial charge < -0.3 is 20.3 Å². The maximum atomic E-state index is 13.0. The summed E-state index contributed by atoms with van der Waals surface area (Å²) in [5.41, 5.74) is 2.51. The number of nitrogens with one attached hydrogen (secondary N) is 2. The molecule has 0 bridgehead atoms. The highest BCUT2D eigenvalue weighted by Gasteiger charge is 2.33. The summed E-state index contributed by atoms with van der Waals surface area (Å²) in [4.78, 5) is 14.9. The van der Waals surface area contributed by atoms with Crippen molar-refractivity contribution in [1.29, 1.82) is 0 Å². The zero-order valence-electron chi connectivity index (χ0n) is 12.8. The molecule has 2 N–H and O–H groups in total. The van der Waals surface area contributed by atoms with E-state index in [-0.39, 0.29) is 11.9 Å². The van der Waals surface area contributed by atoms with E-state index in [0.717, 1.165) is 15.7 Å². The van der Waals surface area contributed by atoms with E-state index >= 15 is 0 Å². The van der Waals surface area contributed by atoms with E-state index in [2.05, 4.69) is 26.6 Å². The molecule has 1 aromatic carbocycles. The molecule has 1 saturated heterocycles. The number of carbonyl (C=O) groups is 1. The van der Waals surface area contributed by atoms with E-state index in [1.807, 2.05) is 36.1 Å². The number of morpholine rings is 1. The number of hydrogen-bond acceptors (Lipinski definition) is 3. The molecule has 0 saturated carbocycles. The summed E-state index contributed by atoms with van der Waals surface area (Å²) in [5, 5.41) is 6.83. The molecule has 1 aromatic rings. The Kier molecular flexibility index (Phi) is 4.99. The molecule has 0 radical (unpaired) electrons. The van der Waals surface area contributed by atoms with E-state index in [1.54, 1.807) is 0 Å². The van der Waals surface area contributed by atoms with Crippen LogP contribution in [0.3, 0.4) is 0 Å². The van der Waals surface area contributed by atoms with Crippen molar-refractivity contribution in [2.24, 2.45) is 0 Å². The Labute approximate surface area is 149 Å². The van der Waals surface area contributed by atoms with Crippen LogP contribution >= 0.6 is 28.1 Å². The zero-order chi connectivity index (χ0) is 16.4. The van der Waals surface area contributed by atoms with Crippen LogP contribution in [-0.2, 0) is 9.53 Å². The zero-order valence-corrected chi connectivity index (χ0v) is 15.2. The molecule has 122 valence electrons. The van der Waals surface area contributed by atoms with E-state index in [9.17, 15) is 4.79 Å². The second-order valence-electron chi connectivity index (χ2n) is 5.53. The van der Waals surface area contributed by atoms with Gasteiger partial charge in [-0.1, -0.05) is 28.1 Å². The second kappa shape index (κ2) is 6.98. The first-order valence-electron chi connectivity index (χ1n) is 7.47. The topological polar surface area (TPSA) is 53.6 Å². The first-order valence-corrected chi connectivity index (χ1v) is 8.67. The number of amides is 1. The summed E-state index contributed by atoms with van der Waals surface area (Å²) in [6, 6.07) is 7.67. The summed E-state index contributed by atoms with van der Waals surface area (Å²) >= 11 is 8.76. The number of benzene rings is 1. The lowest BCUT2D eigenvalue weighted by atomic mass is 9.94. The van der Waals surface area contributed by atoms with Crippen LogP contribution in [0.2, 0.25) is 0 Å². The number of hydrogen-bond donors (Lipinski definition) is 2. The van der Waals surface area contributed by atoms with Gasteiger partial charge in [-0.2, -0.15) is 0 Å². The van der Waals surface area contributed by atoms with E-state index in [4.69, 9.17) is 17.0 Å². The van der Waals surface area contributed by atoms with Crippen molar-refractivity contribution in [2.75, 3.05) is 26.3 Å². The number of halogens is 1. The Bertz CT molecular complexity index is 671. The van der Waals surface area contributed by atoms with E-state index in [1.165, 1.54) is 0 Å². The van der Waals surface area contributed by atoms with Crippen LogP contribution < -0.4 is 10.6 Å².